The van der Waals surface area contributed by atoms with Crippen molar-refractivity contribution >= 4 is 29.8 Å². The number of rotatable bonds is 8. The molecule has 11 nitrogen and oxygen atoms in total. The Morgan fingerprint density at radius 1 is 1.45 bits per heavy atom. The maximum Gasteiger partial charge on any atom is 0.409 e. The van der Waals surface area contributed by atoms with Crippen LogP contribution in [0.25, 0.3) is 0 Å². The molecule has 0 radical (unpaired) electrons. The molecule has 33 heavy (non-hydrogen) atoms. The highest BCUT2D eigenvalue weighted by Gasteiger charge is 2.55. The fraction of sp³-hybridized carbons (Fsp3) is 0.381. The van der Waals surface area contributed by atoms with Crippen LogP contribution in [-0.2, 0) is 9.53 Å². The zero-order chi connectivity index (χ0) is 24.2. The second kappa shape index (κ2) is 9.66. The molecule has 1 aliphatic heterocycles. The van der Waals surface area contributed by atoms with E-state index in [1.807, 2.05) is 0 Å². The number of hydrogen-bond acceptors (Lipinski definition) is 7. The van der Waals surface area contributed by atoms with Gasteiger partial charge >= 0.3 is 6.09 Å². The number of nitrogens with zero attached hydrogens (tertiary/aromatic N) is 4. The molecule has 3 unspecified atom stereocenters. The van der Waals surface area contributed by atoms with Gasteiger partial charge in [0.25, 0.3) is 5.91 Å². The minimum absolute atomic E-state index is 0.0229. The van der Waals surface area contributed by atoms with Gasteiger partial charge in [-0.2, -0.15) is 10.4 Å². The largest absolute Gasteiger partial charge is 0.465 e. The van der Waals surface area contributed by atoms with E-state index in [9.17, 15) is 29.1 Å². The fourth-order valence-electron chi connectivity index (χ4n) is 4.17. The minimum Gasteiger partial charge on any atom is -0.465 e. The Bertz CT molecular complexity index is 1080. The Balaban J connectivity index is 2.15. The van der Waals surface area contributed by atoms with E-state index in [0.29, 0.717) is 12.0 Å². The van der Waals surface area contributed by atoms with Gasteiger partial charge in [0, 0.05) is 25.0 Å². The van der Waals surface area contributed by atoms with E-state index in [-0.39, 0.29) is 37.4 Å². The lowest BCUT2D eigenvalue weighted by atomic mass is 9.82. The monoisotopic (exact) mass is 458 g/mol. The number of nitriles is 1. The number of carbonyl (C=O) groups excluding carboxylic acids is 2. The Kier molecular flexibility index (Phi) is 6.93. The third-order valence-corrected chi connectivity index (χ3v) is 5.52. The highest BCUT2D eigenvalue weighted by atomic mass is 19.1. The fourth-order valence-corrected chi connectivity index (χ4v) is 4.17. The minimum atomic E-state index is -1.73. The first kappa shape index (κ1) is 23.7. The summed E-state index contributed by atoms with van der Waals surface area (Å²) in [5.74, 6) is -2.05. The number of likely N-dealkylation sites (tertiary alicyclic amines) is 1. The van der Waals surface area contributed by atoms with Crippen LogP contribution in [0.1, 0.15) is 36.2 Å². The first-order valence-electron chi connectivity index (χ1n) is 10.2. The van der Waals surface area contributed by atoms with E-state index in [1.165, 1.54) is 35.1 Å². The van der Waals surface area contributed by atoms with Crippen molar-refractivity contribution in [2.75, 3.05) is 18.5 Å². The summed E-state index contributed by atoms with van der Waals surface area (Å²) < 4.78 is 20.3. The van der Waals surface area contributed by atoms with Crippen molar-refractivity contribution in [2.45, 2.75) is 31.5 Å². The van der Waals surface area contributed by atoms with E-state index < -0.39 is 35.5 Å². The smallest absolute Gasteiger partial charge is 0.409 e. The number of anilines is 2. The third-order valence-electron chi connectivity index (χ3n) is 5.52. The number of nitrogens with one attached hydrogen (secondary N) is 1. The quantitative estimate of drug-likeness (QED) is 0.507. The lowest BCUT2D eigenvalue weighted by molar-refractivity contribution is -0.197. The molecule has 0 bridgehead atoms. The van der Waals surface area contributed by atoms with Crippen molar-refractivity contribution in [3.63, 3.8) is 0 Å². The summed E-state index contributed by atoms with van der Waals surface area (Å²) in [6.45, 7) is 1.67. The topological polar surface area (TPSA) is 164 Å². The summed E-state index contributed by atoms with van der Waals surface area (Å²) in [5, 5.41) is 26.9. The predicted molar refractivity (Wildman–Crippen MR) is 113 cm³/mol. The van der Waals surface area contributed by atoms with Crippen LogP contribution in [0.4, 0.5) is 20.7 Å². The van der Waals surface area contributed by atoms with Crippen LogP contribution in [0.2, 0.25) is 0 Å². The Morgan fingerprint density at radius 3 is 2.70 bits per heavy atom. The summed E-state index contributed by atoms with van der Waals surface area (Å²) in [6.07, 6.45) is 0.288. The molecule has 1 aliphatic rings. The summed E-state index contributed by atoms with van der Waals surface area (Å²) in [6, 6.07) is 6.38. The van der Waals surface area contributed by atoms with Crippen LogP contribution >= 0.6 is 0 Å². The lowest BCUT2D eigenvalue weighted by Crippen LogP contribution is -2.63. The molecule has 4 N–H and O–H groups in total. The molecule has 3 atom stereocenters. The van der Waals surface area contributed by atoms with Gasteiger partial charge in [-0.15, -0.1) is 0 Å². The molecule has 0 saturated carbocycles. The van der Waals surface area contributed by atoms with Crippen LogP contribution in [0.15, 0.2) is 30.5 Å². The zero-order valence-electron chi connectivity index (χ0n) is 17.8. The van der Waals surface area contributed by atoms with Gasteiger partial charge in [-0.1, -0.05) is 0 Å². The molecule has 1 aromatic carbocycles. The first-order chi connectivity index (χ1) is 15.8. The van der Waals surface area contributed by atoms with Crippen LogP contribution in [0.5, 0.6) is 0 Å². The third kappa shape index (κ3) is 4.49. The number of hydrogen-bond donors (Lipinski definition) is 3. The maximum atomic E-state index is 13.2. The summed E-state index contributed by atoms with van der Waals surface area (Å²) in [7, 11) is 0. The number of nitrogens with two attached hydrogens (primary N) is 1. The molecule has 3 rings (SSSR count). The summed E-state index contributed by atoms with van der Waals surface area (Å²) >= 11 is 0. The number of benzene rings is 1. The van der Waals surface area contributed by atoms with Crippen molar-refractivity contribution < 1.29 is 28.6 Å². The number of piperidine rings is 1. The van der Waals surface area contributed by atoms with E-state index in [0.717, 1.165) is 4.90 Å². The van der Waals surface area contributed by atoms with Crippen molar-refractivity contribution in [1.82, 2.24) is 14.7 Å². The number of ether oxygens (including phenoxy) is 1. The maximum absolute atomic E-state index is 13.2. The molecule has 2 amide bonds. The summed E-state index contributed by atoms with van der Waals surface area (Å²) in [5.41, 5.74) is 4.16. The summed E-state index contributed by atoms with van der Waals surface area (Å²) in [4.78, 5) is 36.8. The van der Waals surface area contributed by atoms with Gasteiger partial charge in [0.05, 0.1) is 18.4 Å². The number of halogens is 1. The second-order valence-electron chi connectivity index (χ2n) is 7.42. The Hall–Kier alpha value is -3.98. The standard InChI is InChI=1S/C21H23FN6O5/c1-2-33-21(8-10-29)17(13(11-23)7-9-27(21)20(31)32)28-12-16(18(24)30)19(26-28)25-15-5-3-14(22)4-6-15/h3-6,10,12-13,17H,2,7-9H2,1H3,(H2,24,30)(H,25,26)(H,31,32). The zero-order valence-corrected chi connectivity index (χ0v) is 17.8. The van der Waals surface area contributed by atoms with E-state index in [2.05, 4.69) is 16.5 Å². The molecule has 1 fully saturated rings. The predicted octanol–water partition coefficient (Wildman–Crippen LogP) is 2.25. The highest BCUT2D eigenvalue weighted by Crippen LogP contribution is 2.44. The van der Waals surface area contributed by atoms with Gasteiger partial charge in [0.15, 0.2) is 11.5 Å². The molecule has 1 aromatic heterocycles. The molecule has 0 spiro atoms. The molecule has 174 valence electrons. The molecular formula is C21H23FN6O5. The average molecular weight is 458 g/mol. The molecule has 0 aliphatic carbocycles. The number of aldehydes is 1. The molecule has 1 saturated heterocycles. The number of carbonyl (C=O) groups is 3. The molecule has 12 heteroatoms. The number of amides is 2. The number of primary amides is 1. The Morgan fingerprint density at radius 2 is 2.15 bits per heavy atom. The van der Waals surface area contributed by atoms with Gasteiger partial charge in [-0.25, -0.2) is 9.18 Å². The van der Waals surface area contributed by atoms with Crippen molar-refractivity contribution in [2.24, 2.45) is 11.7 Å². The van der Waals surface area contributed by atoms with Crippen molar-refractivity contribution in [3.05, 3.63) is 41.8 Å². The van der Waals surface area contributed by atoms with Crippen LogP contribution < -0.4 is 11.1 Å². The SMILES string of the molecule is CCOC1(CC=O)C(n2cc(C(N)=O)c(Nc3ccc(F)cc3)n2)C(C#N)CCN1C(=O)O. The van der Waals surface area contributed by atoms with Gasteiger partial charge in [-0.3, -0.25) is 14.4 Å². The molecule has 2 heterocycles. The lowest BCUT2D eigenvalue weighted by Gasteiger charge is -2.50. The number of carboxylic acid groups (broad SMARTS) is 1. The van der Waals surface area contributed by atoms with Gasteiger partial charge in [-0.05, 0) is 37.6 Å². The molecule has 2 aromatic rings. The first-order valence-corrected chi connectivity index (χ1v) is 10.2. The van der Waals surface area contributed by atoms with Gasteiger partial charge in [0.2, 0.25) is 0 Å². The van der Waals surface area contributed by atoms with E-state index in [4.69, 9.17) is 10.5 Å². The molecular weight excluding hydrogens is 435 g/mol. The Labute approximate surface area is 188 Å². The number of aromatic nitrogens is 2. The average Bonchev–Trinajstić information content (AvgIpc) is 3.18. The van der Waals surface area contributed by atoms with Crippen LogP contribution in [-0.4, -0.2) is 57.0 Å². The normalized spacial score (nSPS) is 22.4. The van der Waals surface area contributed by atoms with Gasteiger partial charge in [0.1, 0.15) is 23.7 Å². The second-order valence-corrected chi connectivity index (χ2v) is 7.42. The van der Waals surface area contributed by atoms with Crippen molar-refractivity contribution in [1.29, 1.82) is 5.26 Å². The van der Waals surface area contributed by atoms with Crippen LogP contribution in [0.3, 0.4) is 0 Å². The van der Waals surface area contributed by atoms with Crippen molar-refractivity contribution in [3.8, 4) is 6.07 Å². The highest BCUT2D eigenvalue weighted by molar-refractivity contribution is 5.98. The van der Waals surface area contributed by atoms with E-state index in [1.54, 1.807) is 6.92 Å². The van der Waals surface area contributed by atoms with Gasteiger partial charge < -0.3 is 25.7 Å². The van der Waals surface area contributed by atoms with Crippen LogP contribution in [0, 0.1) is 23.1 Å². The van der Waals surface area contributed by atoms with E-state index >= 15 is 0 Å².